The van der Waals surface area contributed by atoms with E-state index in [0.29, 0.717) is 25.4 Å². The van der Waals surface area contributed by atoms with Crippen LogP contribution in [0.1, 0.15) is 54.3 Å². The number of ketones is 1. The van der Waals surface area contributed by atoms with Gasteiger partial charge in [0.25, 0.3) is 5.56 Å². The standard InChI is InChI=1S/C22H28ClN3O7/c1-5-8-26-19(24)17(20(28)25(4)22(26)30)15(27)12-33-21(29)13-10-14(23)18(32-9-6-2)16(11-13)31-7-3/h10-11H,5-9,12,24H2,1-4H3. The number of halogens is 1. The number of esters is 1. The number of ether oxygens (including phenoxy) is 3. The van der Waals surface area contributed by atoms with Gasteiger partial charge in [-0.25, -0.2) is 9.59 Å². The lowest BCUT2D eigenvalue weighted by molar-refractivity contribution is 0.0473. The highest BCUT2D eigenvalue weighted by atomic mass is 35.5. The van der Waals surface area contributed by atoms with Crippen LogP contribution in [-0.2, 0) is 18.3 Å². The number of hydrogen-bond acceptors (Lipinski definition) is 8. The molecule has 10 nitrogen and oxygen atoms in total. The van der Waals surface area contributed by atoms with Crippen LogP contribution in [0.3, 0.4) is 0 Å². The molecule has 180 valence electrons. The van der Waals surface area contributed by atoms with Gasteiger partial charge in [-0.1, -0.05) is 25.4 Å². The summed E-state index contributed by atoms with van der Waals surface area (Å²) in [6.45, 7) is 5.72. The first-order chi connectivity index (χ1) is 15.7. The number of carbonyl (C=O) groups is 2. The van der Waals surface area contributed by atoms with E-state index < -0.39 is 35.2 Å². The van der Waals surface area contributed by atoms with E-state index in [1.54, 1.807) is 6.92 Å². The Labute approximate surface area is 195 Å². The van der Waals surface area contributed by atoms with Crippen molar-refractivity contribution in [1.29, 1.82) is 0 Å². The summed E-state index contributed by atoms with van der Waals surface area (Å²) in [6.07, 6.45) is 1.31. The van der Waals surface area contributed by atoms with E-state index >= 15 is 0 Å². The van der Waals surface area contributed by atoms with Crippen molar-refractivity contribution in [2.75, 3.05) is 25.6 Å². The summed E-state index contributed by atoms with van der Waals surface area (Å²) in [5, 5.41) is 0.150. The Morgan fingerprint density at radius 1 is 1.09 bits per heavy atom. The average molecular weight is 482 g/mol. The fourth-order valence-electron chi connectivity index (χ4n) is 3.06. The van der Waals surface area contributed by atoms with Crippen molar-refractivity contribution in [2.24, 2.45) is 7.05 Å². The fourth-order valence-corrected chi connectivity index (χ4v) is 3.33. The Hall–Kier alpha value is -3.27. The molecule has 33 heavy (non-hydrogen) atoms. The molecule has 0 bridgehead atoms. The fraction of sp³-hybridized carbons (Fsp3) is 0.455. The van der Waals surface area contributed by atoms with E-state index in [1.165, 1.54) is 19.2 Å². The van der Waals surface area contributed by atoms with Crippen LogP contribution in [0, 0.1) is 0 Å². The van der Waals surface area contributed by atoms with Crippen LogP contribution in [0.25, 0.3) is 0 Å². The third kappa shape index (κ3) is 5.75. The first kappa shape index (κ1) is 26.0. The molecule has 1 aromatic carbocycles. The largest absolute Gasteiger partial charge is 0.490 e. The molecule has 2 rings (SSSR count). The van der Waals surface area contributed by atoms with Gasteiger partial charge in [0.15, 0.2) is 18.1 Å². The van der Waals surface area contributed by atoms with E-state index in [4.69, 9.17) is 31.5 Å². The zero-order valence-electron chi connectivity index (χ0n) is 19.1. The van der Waals surface area contributed by atoms with Gasteiger partial charge in [-0.2, -0.15) is 0 Å². The van der Waals surface area contributed by atoms with Crippen molar-refractivity contribution in [2.45, 2.75) is 40.2 Å². The number of nitrogens with two attached hydrogens (primary N) is 1. The second kappa shape index (κ2) is 11.6. The molecule has 0 unspecified atom stereocenters. The summed E-state index contributed by atoms with van der Waals surface area (Å²) in [5.74, 6) is -1.37. The van der Waals surface area contributed by atoms with E-state index in [0.717, 1.165) is 15.6 Å². The molecule has 0 spiro atoms. The molecular weight excluding hydrogens is 454 g/mol. The third-order valence-electron chi connectivity index (χ3n) is 4.64. The summed E-state index contributed by atoms with van der Waals surface area (Å²) >= 11 is 6.26. The van der Waals surface area contributed by atoms with Gasteiger partial charge in [-0.15, -0.1) is 0 Å². The van der Waals surface area contributed by atoms with Gasteiger partial charge in [-0.05, 0) is 31.9 Å². The molecule has 0 aliphatic carbocycles. The Kier molecular flexibility index (Phi) is 9.10. The highest BCUT2D eigenvalue weighted by molar-refractivity contribution is 6.32. The van der Waals surface area contributed by atoms with Gasteiger partial charge in [0.2, 0.25) is 5.78 Å². The highest BCUT2D eigenvalue weighted by Crippen LogP contribution is 2.37. The van der Waals surface area contributed by atoms with Gasteiger partial charge >= 0.3 is 11.7 Å². The lowest BCUT2D eigenvalue weighted by atomic mass is 10.2. The van der Waals surface area contributed by atoms with Crippen LogP contribution >= 0.6 is 11.6 Å². The van der Waals surface area contributed by atoms with Gasteiger partial charge in [0, 0.05) is 13.6 Å². The average Bonchev–Trinajstić information content (AvgIpc) is 2.78. The number of Topliss-reactive ketones (excluding diaryl/α,β-unsaturated/α-hetero) is 1. The quantitative estimate of drug-likeness (QED) is 0.382. The second-order valence-electron chi connectivity index (χ2n) is 7.12. The molecule has 0 aliphatic rings. The maximum Gasteiger partial charge on any atom is 0.338 e. The van der Waals surface area contributed by atoms with Crippen LogP contribution in [0.4, 0.5) is 5.82 Å². The predicted molar refractivity (Wildman–Crippen MR) is 124 cm³/mol. The lowest BCUT2D eigenvalue weighted by Gasteiger charge is -2.15. The molecular formula is C22H28ClN3O7. The van der Waals surface area contributed by atoms with E-state index in [-0.39, 0.29) is 28.7 Å². The minimum atomic E-state index is -0.856. The molecule has 1 heterocycles. The van der Waals surface area contributed by atoms with Gasteiger partial charge in [0.05, 0.1) is 23.8 Å². The molecule has 0 atom stereocenters. The van der Waals surface area contributed by atoms with Crippen molar-refractivity contribution in [1.82, 2.24) is 9.13 Å². The van der Waals surface area contributed by atoms with Crippen molar-refractivity contribution in [3.8, 4) is 11.5 Å². The number of rotatable bonds is 11. The molecule has 0 radical (unpaired) electrons. The summed E-state index contributed by atoms with van der Waals surface area (Å²) in [5.41, 5.74) is 4.07. The number of hydrogen-bond donors (Lipinski definition) is 1. The van der Waals surface area contributed by atoms with Gasteiger partial charge < -0.3 is 19.9 Å². The topological polar surface area (TPSA) is 132 Å². The van der Waals surface area contributed by atoms with E-state index in [2.05, 4.69) is 0 Å². The second-order valence-corrected chi connectivity index (χ2v) is 7.53. The number of nitrogen functional groups attached to an aromatic ring is 1. The minimum absolute atomic E-state index is 0.0388. The minimum Gasteiger partial charge on any atom is -0.490 e. The molecule has 2 N–H and O–H groups in total. The summed E-state index contributed by atoms with van der Waals surface area (Å²) < 4.78 is 18.1. The molecule has 0 fully saturated rings. The Morgan fingerprint density at radius 3 is 2.39 bits per heavy atom. The predicted octanol–water partition coefficient (Wildman–Crippen LogP) is 2.42. The zero-order valence-corrected chi connectivity index (χ0v) is 19.9. The van der Waals surface area contributed by atoms with Crippen LogP contribution in [-0.4, -0.2) is 40.7 Å². The molecule has 0 saturated heterocycles. The Bertz CT molecular complexity index is 1150. The van der Waals surface area contributed by atoms with E-state index in [1.807, 2.05) is 13.8 Å². The first-order valence-electron chi connectivity index (χ1n) is 10.6. The monoisotopic (exact) mass is 481 g/mol. The van der Waals surface area contributed by atoms with Crippen molar-refractivity contribution >= 4 is 29.2 Å². The molecule has 0 amide bonds. The summed E-state index contributed by atoms with van der Waals surface area (Å²) in [7, 11) is 1.25. The molecule has 11 heteroatoms. The summed E-state index contributed by atoms with van der Waals surface area (Å²) in [4.78, 5) is 50.0. The van der Waals surface area contributed by atoms with Crippen molar-refractivity contribution in [3.05, 3.63) is 49.1 Å². The maximum atomic E-state index is 12.7. The lowest BCUT2D eigenvalue weighted by Crippen LogP contribution is -2.43. The normalized spacial score (nSPS) is 10.7. The molecule has 0 saturated carbocycles. The number of benzene rings is 1. The zero-order chi connectivity index (χ0) is 24.7. The van der Waals surface area contributed by atoms with Crippen LogP contribution in [0.5, 0.6) is 11.5 Å². The molecule has 2 aromatic rings. The number of carbonyl (C=O) groups excluding carboxylic acids is 2. The smallest absolute Gasteiger partial charge is 0.338 e. The Morgan fingerprint density at radius 2 is 1.79 bits per heavy atom. The number of aromatic nitrogens is 2. The Balaban J connectivity index is 2.29. The molecule has 0 aliphatic heterocycles. The van der Waals surface area contributed by atoms with Crippen LogP contribution in [0.15, 0.2) is 21.7 Å². The number of nitrogens with zero attached hydrogens (tertiary/aromatic N) is 2. The third-order valence-corrected chi connectivity index (χ3v) is 4.92. The highest BCUT2D eigenvalue weighted by Gasteiger charge is 2.23. The van der Waals surface area contributed by atoms with Crippen molar-refractivity contribution < 1.29 is 23.8 Å². The van der Waals surface area contributed by atoms with Gasteiger partial charge in [-0.3, -0.25) is 18.7 Å². The number of anilines is 1. The van der Waals surface area contributed by atoms with E-state index in [9.17, 15) is 19.2 Å². The van der Waals surface area contributed by atoms with Crippen LogP contribution < -0.4 is 26.5 Å². The van der Waals surface area contributed by atoms with Crippen molar-refractivity contribution in [3.63, 3.8) is 0 Å². The maximum absolute atomic E-state index is 12.7. The SMILES string of the molecule is CCCOc1c(Cl)cc(C(=O)OCC(=O)c2c(N)n(CCC)c(=O)n(C)c2=O)cc1OCC. The van der Waals surface area contributed by atoms with Gasteiger partial charge in [0.1, 0.15) is 11.4 Å². The molecule has 1 aromatic heterocycles. The van der Waals surface area contributed by atoms with Crippen LogP contribution in [0.2, 0.25) is 5.02 Å². The summed E-state index contributed by atoms with van der Waals surface area (Å²) in [6, 6.07) is 2.75. The first-order valence-corrected chi connectivity index (χ1v) is 10.9.